The lowest BCUT2D eigenvalue weighted by atomic mass is 10.2. The molecule has 7 nitrogen and oxygen atoms in total. The van der Waals surface area contributed by atoms with Crippen molar-refractivity contribution in [2.45, 2.75) is 6.43 Å². The summed E-state index contributed by atoms with van der Waals surface area (Å²) in [6, 6.07) is 9.94. The summed E-state index contributed by atoms with van der Waals surface area (Å²) in [6.07, 6.45) is 0.281. The number of nitrogens with zero attached hydrogens (tertiary/aromatic N) is 4. The van der Waals surface area contributed by atoms with E-state index in [4.69, 9.17) is 4.74 Å². The number of aryl methyl sites for hydroxylation is 1. The maximum Gasteiger partial charge on any atom is 0.272 e. The highest BCUT2D eigenvalue weighted by atomic mass is 19.3. The molecule has 0 aliphatic heterocycles. The Balaban J connectivity index is 1.78. The SMILES string of the molecule is Cn1cnc(-c2cccc(NC(=O)c3cccnc3OCC(F)F)c2)n1. The molecule has 0 bridgehead atoms. The lowest BCUT2D eigenvalue weighted by molar-refractivity contribution is 0.0780. The molecule has 0 saturated heterocycles. The molecule has 1 aromatic carbocycles. The number of carbonyl (C=O) groups is 1. The van der Waals surface area contributed by atoms with Gasteiger partial charge in [0.2, 0.25) is 5.88 Å². The average molecular weight is 359 g/mol. The molecule has 3 aromatic rings. The maximum absolute atomic E-state index is 12.5. The number of aromatic nitrogens is 4. The summed E-state index contributed by atoms with van der Waals surface area (Å²) in [5.74, 6) is -0.146. The van der Waals surface area contributed by atoms with Gasteiger partial charge in [-0.3, -0.25) is 9.48 Å². The molecule has 0 aliphatic rings. The van der Waals surface area contributed by atoms with Crippen LogP contribution in [0.3, 0.4) is 0 Å². The number of carbonyl (C=O) groups excluding carboxylic acids is 1. The molecule has 0 unspecified atom stereocenters. The third-order valence-corrected chi connectivity index (χ3v) is 3.34. The van der Waals surface area contributed by atoms with Gasteiger partial charge in [0.25, 0.3) is 12.3 Å². The van der Waals surface area contributed by atoms with Gasteiger partial charge in [0.15, 0.2) is 12.4 Å². The van der Waals surface area contributed by atoms with Gasteiger partial charge in [0.05, 0.1) is 0 Å². The van der Waals surface area contributed by atoms with Gasteiger partial charge < -0.3 is 10.1 Å². The standard InChI is InChI=1S/C17H15F2N5O2/c1-24-10-21-15(23-24)11-4-2-5-12(8-11)22-16(25)13-6-3-7-20-17(13)26-9-14(18)19/h2-8,10,14H,9H2,1H3,(H,22,25). The second kappa shape index (κ2) is 7.68. The van der Waals surface area contributed by atoms with Crippen molar-refractivity contribution in [2.75, 3.05) is 11.9 Å². The molecule has 0 saturated carbocycles. The van der Waals surface area contributed by atoms with E-state index in [-0.39, 0.29) is 11.4 Å². The summed E-state index contributed by atoms with van der Waals surface area (Å²) >= 11 is 0. The molecule has 0 fully saturated rings. The summed E-state index contributed by atoms with van der Waals surface area (Å²) in [5.41, 5.74) is 1.29. The van der Waals surface area contributed by atoms with Crippen LogP contribution in [0.5, 0.6) is 5.88 Å². The molecule has 1 N–H and O–H groups in total. The number of alkyl halides is 2. The second-order valence-electron chi connectivity index (χ2n) is 5.33. The second-order valence-corrected chi connectivity index (χ2v) is 5.33. The number of nitrogens with one attached hydrogen (secondary N) is 1. The molecule has 134 valence electrons. The van der Waals surface area contributed by atoms with Crippen LogP contribution in [0.2, 0.25) is 0 Å². The van der Waals surface area contributed by atoms with E-state index in [1.165, 1.54) is 18.3 Å². The van der Waals surface area contributed by atoms with Gasteiger partial charge in [-0.1, -0.05) is 12.1 Å². The van der Waals surface area contributed by atoms with Crippen molar-refractivity contribution in [2.24, 2.45) is 7.05 Å². The summed E-state index contributed by atoms with van der Waals surface area (Å²) in [4.78, 5) is 20.5. The van der Waals surface area contributed by atoms with Crippen LogP contribution in [0.15, 0.2) is 48.9 Å². The molecule has 1 amide bonds. The Labute approximate surface area is 147 Å². The smallest absolute Gasteiger partial charge is 0.272 e. The Bertz CT molecular complexity index is 913. The first-order valence-corrected chi connectivity index (χ1v) is 7.66. The third-order valence-electron chi connectivity index (χ3n) is 3.34. The van der Waals surface area contributed by atoms with Gasteiger partial charge >= 0.3 is 0 Å². The topological polar surface area (TPSA) is 81.9 Å². The van der Waals surface area contributed by atoms with Crippen LogP contribution >= 0.6 is 0 Å². The minimum Gasteiger partial charge on any atom is -0.471 e. The van der Waals surface area contributed by atoms with Crippen LogP contribution in [-0.2, 0) is 7.05 Å². The third kappa shape index (κ3) is 4.18. The number of rotatable bonds is 6. The molecule has 0 spiro atoms. The zero-order chi connectivity index (χ0) is 18.5. The van der Waals surface area contributed by atoms with E-state index < -0.39 is 18.9 Å². The minimum atomic E-state index is -2.66. The van der Waals surface area contributed by atoms with Gasteiger partial charge in [-0.15, -0.1) is 0 Å². The van der Waals surface area contributed by atoms with Crippen molar-refractivity contribution < 1.29 is 18.3 Å². The molecule has 26 heavy (non-hydrogen) atoms. The van der Waals surface area contributed by atoms with E-state index in [1.807, 2.05) is 6.07 Å². The van der Waals surface area contributed by atoms with Crippen molar-refractivity contribution >= 4 is 11.6 Å². The minimum absolute atomic E-state index is 0.0644. The normalized spacial score (nSPS) is 10.8. The number of benzene rings is 1. The molecular weight excluding hydrogens is 344 g/mol. The Morgan fingerprint density at radius 2 is 2.12 bits per heavy atom. The highest BCUT2D eigenvalue weighted by Gasteiger charge is 2.16. The van der Waals surface area contributed by atoms with Crippen LogP contribution in [0.4, 0.5) is 14.5 Å². The van der Waals surface area contributed by atoms with Crippen LogP contribution in [0.1, 0.15) is 10.4 Å². The molecule has 0 aliphatic carbocycles. The van der Waals surface area contributed by atoms with E-state index in [9.17, 15) is 13.6 Å². The lowest BCUT2D eigenvalue weighted by Gasteiger charge is -2.10. The molecule has 9 heteroatoms. The van der Waals surface area contributed by atoms with E-state index in [2.05, 4.69) is 20.4 Å². The van der Waals surface area contributed by atoms with E-state index in [0.717, 1.165) is 5.56 Å². The predicted octanol–water partition coefficient (Wildman–Crippen LogP) is 2.77. The van der Waals surface area contributed by atoms with Crippen molar-refractivity contribution in [3.63, 3.8) is 0 Å². The predicted molar refractivity (Wildman–Crippen MR) is 90.1 cm³/mol. The monoisotopic (exact) mass is 359 g/mol. The van der Waals surface area contributed by atoms with E-state index in [1.54, 1.807) is 36.3 Å². The summed E-state index contributed by atoms with van der Waals surface area (Å²) in [5, 5.41) is 6.90. The Hall–Kier alpha value is -3.36. The van der Waals surface area contributed by atoms with Crippen LogP contribution in [0, 0.1) is 0 Å². The first-order valence-electron chi connectivity index (χ1n) is 7.66. The van der Waals surface area contributed by atoms with Gasteiger partial charge in [0.1, 0.15) is 11.9 Å². The van der Waals surface area contributed by atoms with Gasteiger partial charge in [-0.25, -0.2) is 18.7 Å². The van der Waals surface area contributed by atoms with Gasteiger partial charge in [0, 0.05) is 24.5 Å². The molecule has 3 rings (SSSR count). The number of amides is 1. The Kier molecular flexibility index (Phi) is 5.16. The lowest BCUT2D eigenvalue weighted by Crippen LogP contribution is -2.16. The van der Waals surface area contributed by atoms with Gasteiger partial charge in [-0.05, 0) is 24.3 Å². The molecule has 0 atom stereocenters. The van der Waals surface area contributed by atoms with Crippen LogP contribution < -0.4 is 10.1 Å². The quantitative estimate of drug-likeness (QED) is 0.732. The van der Waals surface area contributed by atoms with E-state index >= 15 is 0 Å². The largest absolute Gasteiger partial charge is 0.471 e. The fourth-order valence-electron chi connectivity index (χ4n) is 2.23. The van der Waals surface area contributed by atoms with Crippen LogP contribution in [0.25, 0.3) is 11.4 Å². The fourth-order valence-corrected chi connectivity index (χ4v) is 2.23. The fraction of sp³-hybridized carbons (Fsp3) is 0.176. The molecule has 2 heterocycles. The highest BCUT2D eigenvalue weighted by Crippen LogP contribution is 2.21. The zero-order valence-corrected chi connectivity index (χ0v) is 13.8. The van der Waals surface area contributed by atoms with Crippen LogP contribution in [-0.4, -0.2) is 38.7 Å². The summed E-state index contributed by atoms with van der Waals surface area (Å²) in [7, 11) is 1.76. The molecule has 0 radical (unpaired) electrons. The summed E-state index contributed by atoms with van der Waals surface area (Å²) in [6.45, 7) is -0.835. The number of anilines is 1. The van der Waals surface area contributed by atoms with Crippen molar-refractivity contribution in [3.05, 3.63) is 54.5 Å². The van der Waals surface area contributed by atoms with Gasteiger partial charge in [-0.2, -0.15) is 5.10 Å². The summed E-state index contributed by atoms with van der Waals surface area (Å²) < 4.78 is 31.2. The number of halogens is 2. The first-order chi connectivity index (χ1) is 12.5. The van der Waals surface area contributed by atoms with Crippen molar-refractivity contribution in [3.8, 4) is 17.3 Å². The Morgan fingerprint density at radius 1 is 1.27 bits per heavy atom. The van der Waals surface area contributed by atoms with Crippen molar-refractivity contribution in [1.82, 2.24) is 19.7 Å². The first kappa shape index (κ1) is 17.5. The van der Waals surface area contributed by atoms with E-state index in [0.29, 0.717) is 11.5 Å². The molecule has 2 aromatic heterocycles. The molecular formula is C17H15F2N5O2. The van der Waals surface area contributed by atoms with Crippen molar-refractivity contribution in [1.29, 1.82) is 0 Å². The Morgan fingerprint density at radius 3 is 2.85 bits per heavy atom. The number of pyridine rings is 1. The highest BCUT2D eigenvalue weighted by molar-refractivity contribution is 6.06. The average Bonchev–Trinajstić information content (AvgIpc) is 3.07. The maximum atomic E-state index is 12.5. The zero-order valence-electron chi connectivity index (χ0n) is 13.8. The number of hydrogen-bond donors (Lipinski definition) is 1. The number of ether oxygens (including phenoxy) is 1. The number of hydrogen-bond acceptors (Lipinski definition) is 5.